The first-order chi connectivity index (χ1) is 21.2. The lowest BCUT2D eigenvalue weighted by Gasteiger charge is -2.36. The average Bonchev–Trinajstić information content (AvgIpc) is 3.49. The number of benzene rings is 1. The molecular weight excluding hydrogens is 588 g/mol. The number of hydrogen-bond donors (Lipinski definition) is 0. The predicted octanol–water partition coefficient (Wildman–Crippen LogP) is 5.10. The van der Waals surface area contributed by atoms with Gasteiger partial charge in [-0.1, -0.05) is 27.7 Å². The van der Waals surface area contributed by atoms with Gasteiger partial charge in [-0.3, -0.25) is 9.59 Å². The fraction of sp³-hybridized carbons (Fsp3) is 0.667. The van der Waals surface area contributed by atoms with E-state index in [0.29, 0.717) is 24.9 Å². The van der Waals surface area contributed by atoms with Crippen molar-refractivity contribution in [1.29, 1.82) is 0 Å². The molecule has 1 aromatic heterocycles. The van der Waals surface area contributed by atoms with Gasteiger partial charge >= 0.3 is 11.9 Å². The molecular formula is C33H43F2N3O7. The third-order valence-electron chi connectivity index (χ3n) is 9.78. The molecule has 2 aliphatic heterocycles. The number of alkyl halides is 2. The van der Waals surface area contributed by atoms with Gasteiger partial charge in [0.1, 0.15) is 30.3 Å². The molecule has 45 heavy (non-hydrogen) atoms. The van der Waals surface area contributed by atoms with Crippen molar-refractivity contribution in [2.75, 3.05) is 26.9 Å². The second-order valence-corrected chi connectivity index (χ2v) is 13.9. The van der Waals surface area contributed by atoms with Crippen molar-refractivity contribution in [2.24, 2.45) is 23.2 Å². The Morgan fingerprint density at radius 1 is 1.13 bits per heavy atom. The highest BCUT2D eigenvalue weighted by Gasteiger charge is 2.49. The van der Waals surface area contributed by atoms with Crippen molar-refractivity contribution in [1.82, 2.24) is 14.9 Å². The number of carbonyl (C=O) groups excluding carboxylic acids is 3. The van der Waals surface area contributed by atoms with Crippen LogP contribution >= 0.6 is 0 Å². The molecule has 10 nitrogen and oxygen atoms in total. The molecule has 5 rings (SSSR count). The highest BCUT2D eigenvalue weighted by molar-refractivity contribution is 5.87. The van der Waals surface area contributed by atoms with Gasteiger partial charge in [0.2, 0.25) is 11.8 Å². The van der Waals surface area contributed by atoms with Crippen LogP contribution in [0.5, 0.6) is 11.6 Å². The first-order valence-corrected chi connectivity index (χ1v) is 15.6. The molecule has 1 saturated heterocycles. The van der Waals surface area contributed by atoms with Crippen LogP contribution < -0.4 is 9.47 Å². The van der Waals surface area contributed by atoms with Crippen LogP contribution in [0, 0.1) is 23.2 Å². The number of esters is 1. The lowest BCUT2D eigenvalue weighted by atomic mass is 9.77. The second-order valence-electron chi connectivity index (χ2n) is 13.9. The fourth-order valence-electron chi connectivity index (χ4n) is 6.89. The number of amides is 1. The molecule has 2 aromatic rings. The second kappa shape index (κ2) is 12.4. The number of carbonyl (C=O) groups is 3. The van der Waals surface area contributed by atoms with E-state index >= 15 is 8.78 Å². The maximum atomic E-state index is 15.9. The van der Waals surface area contributed by atoms with E-state index in [2.05, 4.69) is 9.97 Å². The minimum Gasteiger partial charge on any atom is -0.497 e. The van der Waals surface area contributed by atoms with Crippen molar-refractivity contribution >= 4 is 29.2 Å². The van der Waals surface area contributed by atoms with Crippen LogP contribution in [0.4, 0.5) is 8.78 Å². The quantitative estimate of drug-likeness (QED) is 0.330. The topological polar surface area (TPSA) is 117 Å². The first-order valence-electron chi connectivity index (χ1n) is 15.6. The van der Waals surface area contributed by atoms with E-state index in [4.69, 9.17) is 18.9 Å². The van der Waals surface area contributed by atoms with Crippen LogP contribution in [0.1, 0.15) is 72.4 Å². The summed E-state index contributed by atoms with van der Waals surface area (Å²) < 4.78 is 54.8. The van der Waals surface area contributed by atoms with Crippen molar-refractivity contribution in [3.05, 3.63) is 23.9 Å². The Labute approximate surface area is 262 Å². The number of nitrogens with zero attached hydrogens (tertiary/aromatic N) is 3. The van der Waals surface area contributed by atoms with Gasteiger partial charge < -0.3 is 28.6 Å². The molecule has 0 radical (unpaired) electrons. The van der Waals surface area contributed by atoms with E-state index in [1.807, 2.05) is 27.7 Å². The number of aldehydes is 1. The summed E-state index contributed by atoms with van der Waals surface area (Å²) in [6.45, 7) is 8.18. The Hall–Kier alpha value is -3.41. The van der Waals surface area contributed by atoms with Crippen LogP contribution in [-0.4, -0.2) is 77.6 Å². The van der Waals surface area contributed by atoms with Crippen molar-refractivity contribution in [3.8, 4) is 11.6 Å². The van der Waals surface area contributed by atoms with Gasteiger partial charge in [-0.05, 0) is 50.2 Å². The number of halogens is 2. The van der Waals surface area contributed by atoms with Gasteiger partial charge in [0.05, 0.1) is 43.1 Å². The van der Waals surface area contributed by atoms with Gasteiger partial charge in [-0.15, -0.1) is 0 Å². The van der Waals surface area contributed by atoms with E-state index in [9.17, 15) is 14.4 Å². The van der Waals surface area contributed by atoms with Crippen molar-refractivity contribution in [3.63, 3.8) is 0 Å². The molecule has 12 heteroatoms. The molecule has 0 unspecified atom stereocenters. The summed E-state index contributed by atoms with van der Waals surface area (Å²) in [6, 6.07) is 3.82. The number of methoxy groups -OCH3 is 1. The van der Waals surface area contributed by atoms with E-state index in [-0.39, 0.29) is 36.5 Å². The Morgan fingerprint density at radius 3 is 2.58 bits per heavy atom. The van der Waals surface area contributed by atoms with Crippen LogP contribution in [0.3, 0.4) is 0 Å². The lowest BCUT2D eigenvalue weighted by molar-refractivity contribution is -0.167. The highest BCUT2D eigenvalue weighted by Crippen LogP contribution is 2.43. The molecule has 1 saturated carbocycles. The molecule has 0 N–H and O–H groups in total. The summed E-state index contributed by atoms with van der Waals surface area (Å²) >= 11 is 0. The van der Waals surface area contributed by atoms with Crippen molar-refractivity contribution in [2.45, 2.75) is 90.4 Å². The van der Waals surface area contributed by atoms with Crippen LogP contribution in [0.15, 0.2) is 18.2 Å². The lowest BCUT2D eigenvalue weighted by Crippen LogP contribution is -2.47. The summed E-state index contributed by atoms with van der Waals surface area (Å²) in [7, 11) is 1.48. The predicted molar refractivity (Wildman–Crippen MR) is 160 cm³/mol. The largest absolute Gasteiger partial charge is 0.497 e. The summed E-state index contributed by atoms with van der Waals surface area (Å²) in [5.74, 6) is -5.86. The van der Waals surface area contributed by atoms with Crippen LogP contribution in [0.2, 0.25) is 0 Å². The zero-order valence-corrected chi connectivity index (χ0v) is 26.8. The fourth-order valence-corrected chi connectivity index (χ4v) is 6.89. The third-order valence-corrected chi connectivity index (χ3v) is 9.78. The Balaban J connectivity index is 1.58. The van der Waals surface area contributed by atoms with Gasteiger partial charge in [0.15, 0.2) is 5.69 Å². The number of rotatable bonds is 2. The van der Waals surface area contributed by atoms with Crippen LogP contribution in [-0.2, 0) is 29.8 Å². The molecule has 1 amide bonds. The SMILES string of the molecule is COc1ccc2nc3c(nc2c1)O[C@H]1CN(C(=O)[C@H](C(C)(C)C)CC(=O)O[C@]2(C)CCC[C@H]2CCOCC3(F)F)[C@H](C=O)[C@@H]1C. The van der Waals surface area contributed by atoms with E-state index in [1.54, 1.807) is 25.1 Å². The highest BCUT2D eigenvalue weighted by atomic mass is 19.3. The summed E-state index contributed by atoms with van der Waals surface area (Å²) in [6.07, 6.45) is 2.28. The zero-order chi connectivity index (χ0) is 32.7. The molecule has 0 spiro atoms. The maximum Gasteiger partial charge on any atom is 0.317 e. The number of hydrogen-bond acceptors (Lipinski definition) is 9. The molecule has 1 aromatic carbocycles. The molecule has 246 valence electrons. The third kappa shape index (κ3) is 6.62. The Kier molecular flexibility index (Phi) is 9.09. The average molecular weight is 632 g/mol. The van der Waals surface area contributed by atoms with Gasteiger partial charge in [-0.25, -0.2) is 9.97 Å². The van der Waals surface area contributed by atoms with E-state index < -0.39 is 71.0 Å². The minimum atomic E-state index is -3.58. The molecule has 6 atom stereocenters. The molecule has 1 aliphatic carbocycles. The normalized spacial score (nSPS) is 31.3. The standard InChI is InChI=1S/C33H43F2N3O7/c1-19-25(17-39)38-16-26(19)44-29-28(36-23-10-9-21(42-6)14-24(23)37-29)33(34,35)18-43-13-11-20-8-7-12-32(20,5)45-27(40)15-22(30(38)41)31(2,3)4/h9-10,14,17,19-20,22,25-26H,7-8,11-13,15-16,18H2,1-6H3/t19-,20-,22+,25+,26-,32+/m0/s1. The molecule has 2 fully saturated rings. The smallest absolute Gasteiger partial charge is 0.317 e. The van der Waals surface area contributed by atoms with Gasteiger partial charge in [-0.2, -0.15) is 8.78 Å². The number of aromatic nitrogens is 2. The van der Waals surface area contributed by atoms with E-state index in [1.165, 1.54) is 12.0 Å². The van der Waals surface area contributed by atoms with Gasteiger partial charge in [0, 0.05) is 24.5 Å². The molecule has 3 aliphatic rings. The summed E-state index contributed by atoms with van der Waals surface area (Å²) in [5.41, 5.74) is -1.63. The zero-order valence-electron chi connectivity index (χ0n) is 26.8. The summed E-state index contributed by atoms with van der Waals surface area (Å²) in [4.78, 5) is 50.0. The van der Waals surface area contributed by atoms with Crippen molar-refractivity contribution < 1.29 is 42.1 Å². The monoisotopic (exact) mass is 631 g/mol. The minimum absolute atomic E-state index is 0.0283. The molecule has 3 heterocycles. The Bertz CT molecular complexity index is 1450. The first kappa shape index (κ1) is 33.0. The van der Waals surface area contributed by atoms with Crippen LogP contribution in [0.25, 0.3) is 11.0 Å². The maximum absolute atomic E-state index is 15.9. The van der Waals surface area contributed by atoms with E-state index in [0.717, 1.165) is 12.8 Å². The summed E-state index contributed by atoms with van der Waals surface area (Å²) in [5, 5.41) is 0. The van der Waals surface area contributed by atoms with Gasteiger partial charge in [0.25, 0.3) is 0 Å². The Morgan fingerprint density at radius 2 is 1.89 bits per heavy atom. The number of fused-ring (bicyclic) bond motifs is 5. The number of ether oxygens (including phenoxy) is 4. The molecule has 2 bridgehead atoms.